The van der Waals surface area contributed by atoms with Gasteiger partial charge in [-0.1, -0.05) is 108 Å². The molecule has 0 saturated carbocycles. The highest BCUT2D eigenvalue weighted by Crippen LogP contribution is 2.54. The highest BCUT2D eigenvalue weighted by atomic mass is 32.2. The van der Waals surface area contributed by atoms with Crippen molar-refractivity contribution in [2.45, 2.75) is 24.3 Å². The molecule has 1 aliphatic rings. The molecule has 43 heavy (non-hydrogen) atoms. The van der Waals surface area contributed by atoms with E-state index < -0.39 is 15.6 Å². The van der Waals surface area contributed by atoms with Crippen molar-refractivity contribution in [2.24, 2.45) is 0 Å². The molecule has 216 valence electrons. The molecule has 0 aromatic heterocycles. The Hall–Kier alpha value is -4.81. The minimum atomic E-state index is -4.16. The summed E-state index contributed by atoms with van der Waals surface area (Å²) in [5, 5.41) is 0. The van der Waals surface area contributed by atoms with Crippen LogP contribution in [-0.2, 0) is 15.6 Å². The van der Waals surface area contributed by atoms with E-state index in [0.717, 1.165) is 39.0 Å². The van der Waals surface area contributed by atoms with Crippen LogP contribution in [0.2, 0.25) is 0 Å². The fourth-order valence-corrected chi connectivity index (χ4v) is 7.59. The Kier molecular flexibility index (Phi) is 7.32. The zero-order valence-corrected chi connectivity index (χ0v) is 25.4. The van der Waals surface area contributed by atoms with Crippen LogP contribution in [-0.4, -0.2) is 22.6 Å². The number of sulfonamides is 1. The van der Waals surface area contributed by atoms with Crippen molar-refractivity contribution in [3.05, 3.63) is 161 Å². The van der Waals surface area contributed by atoms with Crippen LogP contribution in [0.5, 0.6) is 11.5 Å². The number of rotatable bonds is 7. The molecular formula is C37H33NO4S. The number of benzene rings is 5. The summed E-state index contributed by atoms with van der Waals surface area (Å²) in [4.78, 5) is 0.197. The molecule has 1 aliphatic heterocycles. The van der Waals surface area contributed by atoms with Crippen molar-refractivity contribution in [3.63, 3.8) is 0 Å². The van der Waals surface area contributed by atoms with Gasteiger partial charge in [-0.2, -0.15) is 0 Å². The molecule has 0 N–H and O–H groups in total. The first-order chi connectivity index (χ1) is 20.8. The first-order valence-corrected chi connectivity index (χ1v) is 15.5. The average Bonchev–Trinajstić information content (AvgIpc) is 3.04. The van der Waals surface area contributed by atoms with Gasteiger partial charge in [0.25, 0.3) is 10.0 Å². The molecule has 0 saturated heterocycles. The molecule has 0 spiro atoms. The zero-order chi connectivity index (χ0) is 30.2. The third-order valence-corrected chi connectivity index (χ3v) is 9.87. The number of anilines is 1. The van der Waals surface area contributed by atoms with Crippen molar-refractivity contribution < 1.29 is 17.9 Å². The lowest BCUT2D eigenvalue weighted by atomic mass is 9.76. The van der Waals surface area contributed by atoms with E-state index in [0.29, 0.717) is 17.2 Å². The summed E-state index contributed by atoms with van der Waals surface area (Å²) in [7, 11) is -1.02. The van der Waals surface area contributed by atoms with Gasteiger partial charge in [0.1, 0.15) is 5.54 Å². The maximum absolute atomic E-state index is 15.1. The smallest absolute Gasteiger partial charge is 0.265 e. The van der Waals surface area contributed by atoms with Crippen LogP contribution < -0.4 is 13.8 Å². The second-order valence-corrected chi connectivity index (χ2v) is 12.5. The van der Waals surface area contributed by atoms with E-state index in [1.165, 1.54) is 0 Å². The minimum Gasteiger partial charge on any atom is -0.493 e. The summed E-state index contributed by atoms with van der Waals surface area (Å²) < 4.78 is 43.2. The Balaban J connectivity index is 1.81. The van der Waals surface area contributed by atoms with E-state index in [4.69, 9.17) is 9.47 Å². The molecule has 1 heterocycles. The lowest BCUT2D eigenvalue weighted by molar-refractivity contribution is 0.355. The monoisotopic (exact) mass is 587 g/mol. The Labute approximate surface area is 253 Å². The number of methoxy groups -OCH3 is 2. The van der Waals surface area contributed by atoms with E-state index >= 15 is 8.42 Å². The Bertz CT molecular complexity index is 1860. The van der Waals surface area contributed by atoms with Crippen LogP contribution >= 0.6 is 0 Å². The van der Waals surface area contributed by atoms with E-state index in [2.05, 4.69) is 37.3 Å². The topological polar surface area (TPSA) is 55.8 Å². The van der Waals surface area contributed by atoms with Crippen LogP contribution in [0, 0.1) is 13.8 Å². The number of fused-ring (bicyclic) bond motifs is 1. The number of hydrogen-bond donors (Lipinski definition) is 0. The molecule has 5 aromatic rings. The molecule has 0 atom stereocenters. The maximum atomic E-state index is 15.1. The molecule has 5 nitrogen and oxygen atoms in total. The summed E-state index contributed by atoms with van der Waals surface area (Å²) >= 11 is 0. The van der Waals surface area contributed by atoms with Gasteiger partial charge in [0.05, 0.1) is 24.8 Å². The van der Waals surface area contributed by atoms with Crippen LogP contribution in [0.1, 0.15) is 33.4 Å². The maximum Gasteiger partial charge on any atom is 0.265 e. The summed E-state index contributed by atoms with van der Waals surface area (Å²) in [5.41, 5.74) is 5.53. The first kappa shape index (κ1) is 28.3. The molecule has 0 radical (unpaired) electrons. The Morgan fingerprint density at radius 1 is 0.628 bits per heavy atom. The fraction of sp³-hybridized carbons (Fsp3) is 0.135. The predicted molar refractivity (Wildman–Crippen MR) is 172 cm³/mol. The van der Waals surface area contributed by atoms with Gasteiger partial charge in [0.15, 0.2) is 11.5 Å². The van der Waals surface area contributed by atoms with Gasteiger partial charge >= 0.3 is 0 Å². The first-order valence-electron chi connectivity index (χ1n) is 14.1. The molecular weight excluding hydrogens is 554 g/mol. The van der Waals surface area contributed by atoms with Gasteiger partial charge in [-0.25, -0.2) is 12.7 Å². The van der Waals surface area contributed by atoms with Crippen LogP contribution in [0.3, 0.4) is 0 Å². The van der Waals surface area contributed by atoms with E-state index in [-0.39, 0.29) is 4.90 Å². The van der Waals surface area contributed by atoms with Crippen LogP contribution in [0.25, 0.3) is 5.57 Å². The fourth-order valence-electron chi connectivity index (χ4n) is 5.85. The average molecular weight is 588 g/mol. The third-order valence-electron chi connectivity index (χ3n) is 8.03. The van der Waals surface area contributed by atoms with E-state index in [9.17, 15) is 0 Å². The molecule has 0 aliphatic carbocycles. The molecule has 5 aromatic carbocycles. The largest absolute Gasteiger partial charge is 0.493 e. The van der Waals surface area contributed by atoms with E-state index in [1.807, 2.05) is 85.8 Å². The van der Waals surface area contributed by atoms with Gasteiger partial charge in [-0.3, -0.25) is 0 Å². The van der Waals surface area contributed by atoms with Gasteiger partial charge < -0.3 is 9.47 Å². The van der Waals surface area contributed by atoms with Crippen molar-refractivity contribution in [1.29, 1.82) is 0 Å². The second-order valence-electron chi connectivity index (χ2n) is 10.7. The van der Waals surface area contributed by atoms with Crippen LogP contribution in [0.4, 0.5) is 5.69 Å². The quantitative estimate of drug-likeness (QED) is 0.194. The molecule has 0 bridgehead atoms. The lowest BCUT2D eigenvalue weighted by Gasteiger charge is -2.47. The summed E-state index contributed by atoms with van der Waals surface area (Å²) in [6, 6.07) is 38.5. The standard InChI is InChI=1S/C37H33NO4S/c1-26-15-19-28(20-16-26)33-25-37(29-11-7-5-8-12-29,30-13-9-6-10-14-30)38(43(39,40)31-21-17-27(2)18-22-31)34-24-36(42-4)35(41-3)23-32(33)34/h5-25H,1-4H3. The lowest BCUT2D eigenvalue weighted by Crippen LogP contribution is -2.51. The number of aryl methyl sites for hydroxylation is 2. The number of nitrogens with zero attached hydrogens (tertiary/aromatic N) is 1. The Morgan fingerprint density at radius 3 is 1.63 bits per heavy atom. The van der Waals surface area contributed by atoms with Crippen molar-refractivity contribution in [2.75, 3.05) is 18.5 Å². The van der Waals surface area contributed by atoms with Gasteiger partial charge in [0.2, 0.25) is 0 Å². The number of hydrogen-bond acceptors (Lipinski definition) is 4. The number of ether oxygens (including phenoxy) is 2. The normalized spacial score (nSPS) is 14.0. The zero-order valence-electron chi connectivity index (χ0n) is 24.6. The summed E-state index contributed by atoms with van der Waals surface area (Å²) in [6.07, 6.45) is 2.09. The van der Waals surface area contributed by atoms with Gasteiger partial charge in [0, 0.05) is 11.6 Å². The molecule has 6 rings (SSSR count). The van der Waals surface area contributed by atoms with Gasteiger partial charge in [-0.05, 0) is 60.4 Å². The second kappa shape index (κ2) is 11.1. The molecule has 0 fully saturated rings. The summed E-state index contributed by atoms with van der Waals surface area (Å²) in [5.74, 6) is 0.949. The van der Waals surface area contributed by atoms with Crippen molar-refractivity contribution in [3.8, 4) is 11.5 Å². The van der Waals surface area contributed by atoms with Gasteiger partial charge in [-0.15, -0.1) is 0 Å². The predicted octanol–water partition coefficient (Wildman–Crippen LogP) is 7.91. The summed E-state index contributed by atoms with van der Waals surface area (Å²) in [6.45, 7) is 3.99. The van der Waals surface area contributed by atoms with Crippen molar-refractivity contribution >= 4 is 21.3 Å². The molecule has 0 unspecified atom stereocenters. The SMILES string of the molecule is COc1cc2c(cc1OC)N(S(=O)(=O)c1ccc(C)cc1)C(c1ccccc1)(c1ccccc1)C=C2c1ccc(C)cc1. The highest BCUT2D eigenvalue weighted by Gasteiger charge is 2.50. The van der Waals surface area contributed by atoms with Crippen LogP contribution in [0.15, 0.2) is 132 Å². The Morgan fingerprint density at radius 2 is 1.12 bits per heavy atom. The molecule has 6 heteroatoms. The third kappa shape index (κ3) is 4.78. The highest BCUT2D eigenvalue weighted by molar-refractivity contribution is 7.93. The van der Waals surface area contributed by atoms with Crippen molar-refractivity contribution in [1.82, 2.24) is 0 Å². The van der Waals surface area contributed by atoms with E-state index in [1.54, 1.807) is 36.7 Å². The minimum absolute atomic E-state index is 0.197. The molecule has 0 amide bonds.